The van der Waals surface area contributed by atoms with Crippen LogP contribution in [-0.2, 0) is 5.41 Å². The van der Waals surface area contributed by atoms with Gasteiger partial charge in [-0.25, -0.2) is 0 Å². The lowest BCUT2D eigenvalue weighted by Gasteiger charge is -2.22. The van der Waals surface area contributed by atoms with Crippen molar-refractivity contribution in [2.75, 3.05) is 0 Å². The van der Waals surface area contributed by atoms with Gasteiger partial charge in [0.25, 0.3) is 0 Å². The maximum absolute atomic E-state index is 2.42. The van der Waals surface area contributed by atoms with E-state index in [4.69, 9.17) is 0 Å². The quantitative estimate of drug-likeness (QED) is 0.159. The first-order valence-corrected chi connectivity index (χ1v) is 19.7. The summed E-state index contributed by atoms with van der Waals surface area (Å²) >= 11 is 0. The van der Waals surface area contributed by atoms with Crippen molar-refractivity contribution in [3.63, 3.8) is 0 Å². The average Bonchev–Trinajstić information content (AvgIpc) is 3.25. The van der Waals surface area contributed by atoms with Crippen LogP contribution in [0.15, 0.2) is 188 Å². The van der Waals surface area contributed by atoms with Gasteiger partial charge in [0.15, 0.2) is 0 Å². The highest BCUT2D eigenvalue weighted by Gasteiger charge is 2.19. The highest BCUT2D eigenvalue weighted by Crippen LogP contribution is 2.43. The molecule has 11 aromatic rings. The molecule has 11 aromatic carbocycles. The van der Waals surface area contributed by atoms with E-state index in [9.17, 15) is 0 Å². The van der Waals surface area contributed by atoms with E-state index in [0.717, 1.165) is 0 Å². The first-order valence-electron chi connectivity index (χ1n) is 19.7. The minimum atomic E-state index is 0.0930. The average molecular weight is 713 g/mol. The van der Waals surface area contributed by atoms with E-state index in [1.165, 1.54) is 115 Å². The molecular formula is C56H40. The van der Waals surface area contributed by atoms with E-state index in [1.807, 2.05) is 0 Å². The first kappa shape index (κ1) is 32.7. The van der Waals surface area contributed by atoms with Gasteiger partial charge in [0.1, 0.15) is 0 Å². The van der Waals surface area contributed by atoms with E-state index in [1.54, 1.807) is 0 Å². The number of hydrogen-bond donors (Lipinski definition) is 0. The van der Waals surface area contributed by atoms with Crippen molar-refractivity contribution in [2.24, 2.45) is 0 Å². The molecular weight excluding hydrogens is 673 g/mol. The summed E-state index contributed by atoms with van der Waals surface area (Å²) in [5.41, 5.74) is 11.3. The minimum Gasteiger partial charge on any atom is -0.0622 e. The maximum Gasteiger partial charge on any atom is -0.00206 e. The topological polar surface area (TPSA) is 0 Å². The Hall–Kier alpha value is -6.76. The predicted octanol–water partition coefficient (Wildman–Crippen LogP) is 16.0. The summed E-state index contributed by atoms with van der Waals surface area (Å²) in [6.07, 6.45) is 0. The zero-order valence-electron chi connectivity index (χ0n) is 31.9. The summed E-state index contributed by atoms with van der Waals surface area (Å²) in [5.74, 6) is 0. The second-order valence-electron chi connectivity index (χ2n) is 16.6. The Morgan fingerprint density at radius 2 is 0.714 bits per heavy atom. The van der Waals surface area contributed by atoms with Gasteiger partial charge in [-0.05, 0) is 150 Å². The van der Waals surface area contributed by atoms with E-state index in [-0.39, 0.29) is 5.41 Å². The standard InChI is InChI=1S/C56H40/c1-56(2,3)47-31-42-19-16-39-22-24-48(51-27-23-43(32-47)54(42)55(39)51)41-18-15-38-21-25-49-50(53(38)34-41)26-20-37-14-17-40(33-52(37)49)46-29-44(35-10-6-4-7-11-35)28-45(30-46)36-12-8-5-9-13-36/h4-34H,1-3H3. The van der Waals surface area contributed by atoms with Crippen LogP contribution in [0.25, 0.3) is 109 Å². The Bertz CT molecular complexity index is 3230. The monoisotopic (exact) mass is 712 g/mol. The molecule has 0 bridgehead atoms. The fourth-order valence-electron chi connectivity index (χ4n) is 9.11. The summed E-state index contributed by atoms with van der Waals surface area (Å²) in [4.78, 5) is 0. The zero-order valence-corrected chi connectivity index (χ0v) is 31.9. The van der Waals surface area contributed by atoms with Crippen LogP contribution < -0.4 is 0 Å². The number of benzene rings is 11. The van der Waals surface area contributed by atoms with Gasteiger partial charge in [-0.3, -0.25) is 0 Å². The highest BCUT2D eigenvalue weighted by atomic mass is 14.2. The van der Waals surface area contributed by atoms with Crippen LogP contribution in [0.5, 0.6) is 0 Å². The summed E-state index contributed by atoms with van der Waals surface area (Å²) in [6, 6.07) is 70.4. The van der Waals surface area contributed by atoms with Crippen LogP contribution in [-0.4, -0.2) is 0 Å². The molecule has 0 unspecified atom stereocenters. The van der Waals surface area contributed by atoms with Gasteiger partial charge in [-0.15, -0.1) is 0 Å². The van der Waals surface area contributed by atoms with E-state index < -0.39 is 0 Å². The molecule has 0 N–H and O–H groups in total. The van der Waals surface area contributed by atoms with Gasteiger partial charge in [0.2, 0.25) is 0 Å². The predicted molar refractivity (Wildman–Crippen MR) is 243 cm³/mol. The van der Waals surface area contributed by atoms with Gasteiger partial charge in [-0.2, -0.15) is 0 Å². The van der Waals surface area contributed by atoms with Gasteiger partial charge in [-0.1, -0.05) is 178 Å². The smallest absolute Gasteiger partial charge is 0.00206 e. The van der Waals surface area contributed by atoms with Crippen molar-refractivity contribution in [1.82, 2.24) is 0 Å². The first-order chi connectivity index (χ1) is 27.4. The zero-order chi connectivity index (χ0) is 37.5. The van der Waals surface area contributed by atoms with Crippen LogP contribution in [0.3, 0.4) is 0 Å². The Labute approximate surface area is 327 Å². The summed E-state index contributed by atoms with van der Waals surface area (Å²) in [6.45, 7) is 6.90. The van der Waals surface area contributed by atoms with Crippen molar-refractivity contribution in [2.45, 2.75) is 26.2 Å². The van der Waals surface area contributed by atoms with Crippen LogP contribution in [0.1, 0.15) is 26.3 Å². The lowest BCUT2D eigenvalue weighted by Crippen LogP contribution is -2.10. The fraction of sp³-hybridized carbons (Fsp3) is 0.0714. The van der Waals surface area contributed by atoms with Gasteiger partial charge in [0.05, 0.1) is 0 Å². The molecule has 0 atom stereocenters. The Balaban J connectivity index is 1.07. The minimum absolute atomic E-state index is 0.0930. The molecule has 0 amide bonds. The molecule has 0 aliphatic heterocycles. The molecule has 264 valence electrons. The molecule has 0 heterocycles. The molecule has 0 heteroatoms. The lowest BCUT2D eigenvalue weighted by atomic mass is 9.82. The largest absolute Gasteiger partial charge is 0.0622 e. The highest BCUT2D eigenvalue weighted by molar-refractivity contribution is 6.26. The van der Waals surface area contributed by atoms with E-state index in [0.29, 0.717) is 0 Å². The maximum atomic E-state index is 2.42. The van der Waals surface area contributed by atoms with Crippen LogP contribution in [0.4, 0.5) is 0 Å². The molecule has 0 aromatic heterocycles. The Kier molecular flexibility index (Phi) is 7.22. The fourth-order valence-corrected chi connectivity index (χ4v) is 9.11. The molecule has 0 spiro atoms. The number of rotatable bonds is 4. The molecule has 0 saturated carbocycles. The van der Waals surface area contributed by atoms with Gasteiger partial charge >= 0.3 is 0 Å². The second kappa shape index (κ2) is 12.4. The third kappa shape index (κ3) is 5.29. The number of hydrogen-bond acceptors (Lipinski definition) is 0. The van der Waals surface area contributed by atoms with Crippen molar-refractivity contribution < 1.29 is 0 Å². The summed E-state index contributed by atoms with van der Waals surface area (Å²) in [7, 11) is 0. The summed E-state index contributed by atoms with van der Waals surface area (Å²) < 4.78 is 0. The van der Waals surface area contributed by atoms with Crippen molar-refractivity contribution in [1.29, 1.82) is 0 Å². The second-order valence-corrected chi connectivity index (χ2v) is 16.6. The van der Waals surface area contributed by atoms with Gasteiger partial charge < -0.3 is 0 Å². The SMILES string of the molecule is CC(C)(C)c1cc2ccc3ccc(-c4ccc5ccc6c7cc(-c8cc(-c9ccccc9)cc(-c9ccccc9)c8)ccc7ccc6c5c4)c4ccc(c1)c2c34. The summed E-state index contributed by atoms with van der Waals surface area (Å²) in [5, 5.41) is 15.6. The van der Waals surface area contributed by atoms with Crippen LogP contribution in [0.2, 0.25) is 0 Å². The lowest BCUT2D eigenvalue weighted by molar-refractivity contribution is 0.591. The van der Waals surface area contributed by atoms with Crippen molar-refractivity contribution in [3.05, 3.63) is 194 Å². The van der Waals surface area contributed by atoms with Crippen molar-refractivity contribution >= 4 is 64.6 Å². The molecule has 0 aliphatic rings. The van der Waals surface area contributed by atoms with Crippen LogP contribution >= 0.6 is 0 Å². The van der Waals surface area contributed by atoms with Gasteiger partial charge in [0, 0.05) is 0 Å². The van der Waals surface area contributed by atoms with E-state index in [2.05, 4.69) is 209 Å². The Morgan fingerprint density at radius 1 is 0.268 bits per heavy atom. The van der Waals surface area contributed by atoms with E-state index >= 15 is 0 Å². The van der Waals surface area contributed by atoms with Crippen molar-refractivity contribution in [3.8, 4) is 44.5 Å². The third-order valence-electron chi connectivity index (χ3n) is 12.1. The Morgan fingerprint density at radius 3 is 1.30 bits per heavy atom. The molecule has 56 heavy (non-hydrogen) atoms. The normalized spacial score (nSPS) is 12.2. The molecule has 0 fully saturated rings. The van der Waals surface area contributed by atoms with Crippen LogP contribution in [0, 0.1) is 0 Å². The molecule has 0 nitrogen and oxygen atoms in total. The molecule has 0 radical (unpaired) electrons. The third-order valence-corrected chi connectivity index (χ3v) is 12.1. The molecule has 0 aliphatic carbocycles. The molecule has 0 saturated heterocycles. The molecule has 11 rings (SSSR count). The number of fused-ring (bicyclic) bond motifs is 5.